The topological polar surface area (TPSA) is 89.4 Å². The summed E-state index contributed by atoms with van der Waals surface area (Å²) in [4.78, 5) is 10.6. The lowest BCUT2D eigenvalue weighted by Gasteiger charge is -2.02. The minimum atomic E-state index is 0.0274. The first-order valence-corrected chi connectivity index (χ1v) is 5.86. The van der Waals surface area contributed by atoms with Gasteiger partial charge in [0.1, 0.15) is 11.5 Å². The molecule has 20 heavy (non-hydrogen) atoms. The largest absolute Gasteiger partial charge is 0.507 e. The van der Waals surface area contributed by atoms with Crippen molar-refractivity contribution < 1.29 is 18.7 Å². The maximum absolute atomic E-state index is 10.6. The van der Waals surface area contributed by atoms with Crippen LogP contribution in [-0.4, -0.2) is 21.6 Å². The molecule has 0 amide bonds. The van der Waals surface area contributed by atoms with Gasteiger partial charge in [0.25, 0.3) is 5.89 Å². The van der Waals surface area contributed by atoms with Gasteiger partial charge >= 0.3 is 0 Å². The SMILES string of the molecule is Cc1nnc(-c2cc(-c3ccc(C=O)o3)ccc2O)o1. The van der Waals surface area contributed by atoms with Crippen molar-refractivity contribution in [2.75, 3.05) is 0 Å². The molecule has 0 aliphatic rings. The first-order chi connectivity index (χ1) is 9.67. The summed E-state index contributed by atoms with van der Waals surface area (Å²) in [6.07, 6.45) is 0.631. The second-order valence-electron chi connectivity index (χ2n) is 4.18. The lowest BCUT2D eigenvalue weighted by Crippen LogP contribution is -1.82. The highest BCUT2D eigenvalue weighted by Gasteiger charge is 2.14. The fourth-order valence-electron chi connectivity index (χ4n) is 1.84. The van der Waals surface area contributed by atoms with Crippen molar-refractivity contribution in [3.05, 3.63) is 42.0 Å². The summed E-state index contributed by atoms with van der Waals surface area (Å²) in [5.41, 5.74) is 1.11. The minimum absolute atomic E-state index is 0.0274. The van der Waals surface area contributed by atoms with Gasteiger partial charge in [0.05, 0.1) is 5.56 Å². The molecule has 0 aliphatic carbocycles. The smallest absolute Gasteiger partial charge is 0.251 e. The van der Waals surface area contributed by atoms with E-state index < -0.39 is 0 Å². The van der Waals surface area contributed by atoms with Crippen molar-refractivity contribution in [2.24, 2.45) is 0 Å². The molecule has 6 nitrogen and oxygen atoms in total. The first kappa shape index (κ1) is 12.2. The lowest BCUT2D eigenvalue weighted by atomic mass is 10.1. The quantitative estimate of drug-likeness (QED) is 0.736. The van der Waals surface area contributed by atoms with Crippen LogP contribution in [0.25, 0.3) is 22.8 Å². The molecular formula is C14H10N2O4. The Labute approximate surface area is 113 Å². The molecule has 0 spiro atoms. The van der Waals surface area contributed by atoms with E-state index in [4.69, 9.17) is 8.83 Å². The normalized spacial score (nSPS) is 10.7. The van der Waals surface area contributed by atoms with Crippen molar-refractivity contribution in [1.82, 2.24) is 10.2 Å². The van der Waals surface area contributed by atoms with Crippen LogP contribution in [0.1, 0.15) is 16.4 Å². The summed E-state index contributed by atoms with van der Waals surface area (Å²) in [6, 6.07) is 8.10. The molecule has 0 saturated carbocycles. The van der Waals surface area contributed by atoms with Crippen LogP contribution in [-0.2, 0) is 0 Å². The number of hydrogen-bond acceptors (Lipinski definition) is 6. The maximum Gasteiger partial charge on any atom is 0.251 e. The van der Waals surface area contributed by atoms with E-state index in [-0.39, 0.29) is 17.4 Å². The minimum Gasteiger partial charge on any atom is -0.507 e. The Morgan fingerprint density at radius 1 is 1.15 bits per heavy atom. The van der Waals surface area contributed by atoms with Crippen LogP contribution in [0.15, 0.2) is 39.2 Å². The molecule has 0 aliphatic heterocycles. The van der Waals surface area contributed by atoms with Gasteiger partial charge in [-0.1, -0.05) is 0 Å². The van der Waals surface area contributed by atoms with Crippen molar-refractivity contribution >= 4 is 6.29 Å². The van der Waals surface area contributed by atoms with Crippen LogP contribution in [0.4, 0.5) is 0 Å². The van der Waals surface area contributed by atoms with E-state index in [1.165, 1.54) is 6.07 Å². The zero-order valence-corrected chi connectivity index (χ0v) is 10.5. The molecular weight excluding hydrogens is 260 g/mol. The molecule has 0 radical (unpaired) electrons. The second-order valence-corrected chi connectivity index (χ2v) is 4.18. The van der Waals surface area contributed by atoms with E-state index in [1.807, 2.05) is 0 Å². The number of hydrogen-bond donors (Lipinski definition) is 1. The summed E-state index contributed by atoms with van der Waals surface area (Å²) >= 11 is 0. The number of aldehydes is 1. The Morgan fingerprint density at radius 2 is 2.00 bits per heavy atom. The van der Waals surface area contributed by atoms with Gasteiger partial charge in [0, 0.05) is 12.5 Å². The van der Waals surface area contributed by atoms with Crippen molar-refractivity contribution in [1.29, 1.82) is 0 Å². The molecule has 0 saturated heterocycles. The second kappa shape index (κ2) is 4.65. The van der Waals surface area contributed by atoms with E-state index in [0.29, 0.717) is 29.1 Å². The van der Waals surface area contributed by atoms with Gasteiger partial charge in [0.2, 0.25) is 5.89 Å². The number of benzene rings is 1. The number of aromatic nitrogens is 2. The van der Waals surface area contributed by atoms with Crippen LogP contribution in [0.5, 0.6) is 5.75 Å². The maximum atomic E-state index is 10.6. The average Bonchev–Trinajstić information content (AvgIpc) is 3.08. The number of carbonyl (C=O) groups is 1. The molecule has 0 bridgehead atoms. The molecule has 0 atom stereocenters. The third kappa shape index (κ3) is 2.07. The molecule has 1 N–H and O–H groups in total. The standard InChI is InChI=1S/C14H10N2O4/c1-8-15-16-14(19-8)11-6-9(2-4-12(11)18)13-5-3-10(7-17)20-13/h2-7,18H,1H3. The Balaban J connectivity index is 2.08. The van der Waals surface area contributed by atoms with E-state index >= 15 is 0 Å². The third-order valence-electron chi connectivity index (χ3n) is 2.78. The molecule has 0 unspecified atom stereocenters. The molecule has 3 rings (SSSR count). The highest BCUT2D eigenvalue weighted by molar-refractivity contribution is 5.75. The van der Waals surface area contributed by atoms with Crippen LogP contribution < -0.4 is 0 Å². The summed E-state index contributed by atoms with van der Waals surface area (Å²) < 4.78 is 10.6. The summed E-state index contributed by atoms with van der Waals surface area (Å²) in [5, 5.41) is 17.5. The van der Waals surface area contributed by atoms with E-state index in [0.717, 1.165) is 0 Å². The Hall–Kier alpha value is -2.89. The average molecular weight is 270 g/mol. The number of aryl methyl sites for hydroxylation is 1. The highest BCUT2D eigenvalue weighted by Crippen LogP contribution is 2.33. The number of furan rings is 1. The fourth-order valence-corrected chi connectivity index (χ4v) is 1.84. The van der Waals surface area contributed by atoms with Gasteiger partial charge in [-0.2, -0.15) is 0 Å². The van der Waals surface area contributed by atoms with Crippen molar-refractivity contribution in [3.63, 3.8) is 0 Å². The summed E-state index contributed by atoms with van der Waals surface area (Å²) in [5.74, 6) is 1.42. The van der Waals surface area contributed by atoms with Crippen molar-refractivity contribution in [2.45, 2.75) is 6.92 Å². The molecule has 100 valence electrons. The first-order valence-electron chi connectivity index (χ1n) is 5.86. The van der Waals surface area contributed by atoms with Crippen LogP contribution in [0.2, 0.25) is 0 Å². The van der Waals surface area contributed by atoms with E-state index in [2.05, 4.69) is 10.2 Å². The van der Waals surface area contributed by atoms with Gasteiger partial charge in [-0.15, -0.1) is 10.2 Å². The fraction of sp³-hybridized carbons (Fsp3) is 0.0714. The zero-order chi connectivity index (χ0) is 14.1. The van der Waals surface area contributed by atoms with Crippen LogP contribution in [0.3, 0.4) is 0 Å². The Bertz CT molecular complexity index is 773. The molecule has 1 aromatic carbocycles. The lowest BCUT2D eigenvalue weighted by molar-refractivity contribution is 0.110. The van der Waals surface area contributed by atoms with Gasteiger partial charge in [0.15, 0.2) is 12.0 Å². The summed E-state index contributed by atoms with van der Waals surface area (Å²) in [6.45, 7) is 1.67. The number of phenols is 1. The molecule has 6 heteroatoms. The van der Waals surface area contributed by atoms with Gasteiger partial charge in [-0.05, 0) is 30.3 Å². The predicted octanol–water partition coefficient (Wildman–Crippen LogP) is 2.82. The summed E-state index contributed by atoms with van der Waals surface area (Å²) in [7, 11) is 0. The van der Waals surface area contributed by atoms with Gasteiger partial charge in [-0.3, -0.25) is 4.79 Å². The number of aromatic hydroxyl groups is 1. The zero-order valence-electron chi connectivity index (χ0n) is 10.5. The molecule has 3 aromatic rings. The van der Waals surface area contributed by atoms with E-state index in [9.17, 15) is 9.90 Å². The van der Waals surface area contributed by atoms with E-state index in [1.54, 1.807) is 31.2 Å². The number of nitrogens with zero attached hydrogens (tertiary/aromatic N) is 2. The molecule has 2 aromatic heterocycles. The van der Waals surface area contributed by atoms with Crippen LogP contribution in [0, 0.1) is 6.92 Å². The number of carbonyl (C=O) groups excluding carboxylic acids is 1. The molecule has 2 heterocycles. The third-order valence-corrected chi connectivity index (χ3v) is 2.78. The van der Waals surface area contributed by atoms with Gasteiger partial charge in [-0.25, -0.2) is 0 Å². The monoisotopic (exact) mass is 270 g/mol. The Kier molecular flexibility index (Phi) is 2.83. The predicted molar refractivity (Wildman–Crippen MR) is 69.2 cm³/mol. The van der Waals surface area contributed by atoms with Crippen molar-refractivity contribution in [3.8, 4) is 28.5 Å². The number of rotatable bonds is 3. The van der Waals surface area contributed by atoms with Gasteiger partial charge < -0.3 is 13.9 Å². The number of phenolic OH excluding ortho intramolecular Hbond substituents is 1. The highest BCUT2D eigenvalue weighted by atomic mass is 16.4. The van der Waals surface area contributed by atoms with Crippen LogP contribution >= 0.6 is 0 Å². The molecule has 0 fully saturated rings. The Morgan fingerprint density at radius 3 is 2.65 bits per heavy atom.